The standard InChI is InChI=1S/C21H21AsN4O2/c1-27-16-6-3-14(4-7-16)9-10-22-20-12-18(25-21(26-20)28-2)15-5-8-17-19(11-15)24-13-23-17/h3-8,11-13,22H,9-10H2,1-2H3,(H,23,24). The van der Waals surface area contributed by atoms with Crippen LogP contribution in [0.5, 0.6) is 11.8 Å². The molecule has 6 nitrogen and oxygen atoms in total. The fourth-order valence-corrected chi connectivity index (χ4v) is 5.25. The molecule has 7 heteroatoms. The van der Waals surface area contributed by atoms with Gasteiger partial charge in [-0.2, -0.15) is 0 Å². The van der Waals surface area contributed by atoms with E-state index >= 15 is 0 Å². The van der Waals surface area contributed by atoms with Crippen LogP contribution in [-0.4, -0.2) is 49.9 Å². The first-order valence-corrected chi connectivity index (χ1v) is 11.5. The Kier molecular flexibility index (Phi) is 5.58. The van der Waals surface area contributed by atoms with E-state index in [-0.39, 0.29) is 0 Å². The summed E-state index contributed by atoms with van der Waals surface area (Å²) in [6, 6.07) is 16.9. The maximum absolute atomic E-state index is 5.34. The summed E-state index contributed by atoms with van der Waals surface area (Å²) in [5.41, 5.74) is 5.14. The van der Waals surface area contributed by atoms with E-state index in [1.807, 2.05) is 30.3 Å². The van der Waals surface area contributed by atoms with Crippen LogP contribution in [0, 0.1) is 0 Å². The second-order valence-electron chi connectivity index (χ2n) is 6.28. The number of methoxy groups -OCH3 is 2. The van der Waals surface area contributed by atoms with Gasteiger partial charge < -0.3 is 0 Å². The maximum atomic E-state index is 5.34. The number of hydrogen-bond donors (Lipinski definition) is 1. The van der Waals surface area contributed by atoms with Crippen molar-refractivity contribution in [1.82, 2.24) is 19.9 Å². The Morgan fingerprint density at radius 3 is 2.61 bits per heavy atom. The fraction of sp³-hybridized carbons (Fsp3) is 0.190. The molecule has 0 amide bonds. The molecule has 142 valence electrons. The second-order valence-corrected chi connectivity index (χ2v) is 9.15. The Morgan fingerprint density at radius 1 is 0.964 bits per heavy atom. The third-order valence-electron chi connectivity index (χ3n) is 4.48. The van der Waals surface area contributed by atoms with E-state index < -0.39 is 15.8 Å². The molecule has 1 atom stereocenters. The van der Waals surface area contributed by atoms with Crippen LogP contribution in [0.3, 0.4) is 0 Å². The number of hydrogen-bond acceptors (Lipinski definition) is 5. The van der Waals surface area contributed by atoms with Gasteiger partial charge in [0, 0.05) is 0 Å². The van der Waals surface area contributed by atoms with E-state index in [1.165, 1.54) is 5.56 Å². The summed E-state index contributed by atoms with van der Waals surface area (Å²) >= 11 is -0.403. The first-order valence-electron chi connectivity index (χ1n) is 8.98. The number of aromatic nitrogens is 4. The summed E-state index contributed by atoms with van der Waals surface area (Å²) < 4.78 is 11.7. The van der Waals surface area contributed by atoms with Gasteiger partial charge in [-0.3, -0.25) is 0 Å². The van der Waals surface area contributed by atoms with Crippen LogP contribution in [0.25, 0.3) is 22.3 Å². The molecule has 2 aromatic carbocycles. The van der Waals surface area contributed by atoms with Gasteiger partial charge in [-0.05, 0) is 0 Å². The van der Waals surface area contributed by atoms with Gasteiger partial charge in [0.05, 0.1) is 0 Å². The van der Waals surface area contributed by atoms with Crippen LogP contribution in [0.4, 0.5) is 0 Å². The van der Waals surface area contributed by atoms with Crippen LogP contribution < -0.4 is 14.0 Å². The molecular weight excluding hydrogens is 415 g/mol. The Hall–Kier alpha value is -2.85. The van der Waals surface area contributed by atoms with Crippen LogP contribution in [0.2, 0.25) is 5.21 Å². The molecule has 2 heterocycles. The zero-order chi connectivity index (χ0) is 19.3. The third-order valence-corrected chi connectivity index (χ3v) is 6.83. The topological polar surface area (TPSA) is 72.9 Å². The number of benzene rings is 2. The third kappa shape index (κ3) is 4.18. The number of fused-ring (bicyclic) bond motifs is 1. The van der Waals surface area contributed by atoms with E-state index in [4.69, 9.17) is 9.47 Å². The van der Waals surface area contributed by atoms with Crippen molar-refractivity contribution in [2.75, 3.05) is 14.2 Å². The summed E-state index contributed by atoms with van der Waals surface area (Å²) in [6.07, 6.45) is 2.73. The van der Waals surface area contributed by atoms with Gasteiger partial charge in [0.25, 0.3) is 0 Å². The first-order chi connectivity index (χ1) is 13.7. The van der Waals surface area contributed by atoms with E-state index in [9.17, 15) is 0 Å². The summed E-state index contributed by atoms with van der Waals surface area (Å²) in [6.45, 7) is 0. The Balaban J connectivity index is 1.51. The Morgan fingerprint density at radius 2 is 1.82 bits per heavy atom. The molecule has 0 spiro atoms. The van der Waals surface area contributed by atoms with Crippen molar-refractivity contribution in [3.05, 3.63) is 60.4 Å². The van der Waals surface area contributed by atoms with Crippen molar-refractivity contribution in [1.29, 1.82) is 0 Å². The van der Waals surface area contributed by atoms with Gasteiger partial charge in [0.2, 0.25) is 0 Å². The summed E-state index contributed by atoms with van der Waals surface area (Å²) in [7, 11) is 3.29. The molecule has 0 radical (unpaired) electrons. The van der Waals surface area contributed by atoms with Crippen molar-refractivity contribution >= 4 is 31.3 Å². The normalized spacial score (nSPS) is 11.4. The van der Waals surface area contributed by atoms with Gasteiger partial charge in [-0.15, -0.1) is 0 Å². The number of rotatable bonds is 7. The van der Waals surface area contributed by atoms with Crippen LogP contribution >= 0.6 is 0 Å². The van der Waals surface area contributed by atoms with Crippen molar-refractivity contribution in [3.63, 3.8) is 0 Å². The number of aryl methyl sites for hydroxylation is 1. The number of nitrogens with one attached hydrogen (secondary N) is 1. The number of aromatic amines is 1. The Labute approximate surface area is 170 Å². The van der Waals surface area contributed by atoms with E-state index in [0.29, 0.717) is 6.01 Å². The number of nitrogens with zero attached hydrogens (tertiary/aromatic N) is 3. The quantitative estimate of drug-likeness (QED) is 0.451. The molecule has 4 aromatic rings. The van der Waals surface area contributed by atoms with Crippen molar-refractivity contribution in [2.24, 2.45) is 0 Å². The van der Waals surface area contributed by atoms with Crippen LogP contribution in [0.15, 0.2) is 54.9 Å². The Bertz CT molecular complexity index is 1080. The molecule has 0 aliphatic rings. The average Bonchev–Trinajstić information content (AvgIpc) is 3.22. The second kappa shape index (κ2) is 8.44. The summed E-state index contributed by atoms with van der Waals surface area (Å²) in [4.78, 5) is 16.5. The number of ether oxygens (including phenoxy) is 2. The SMILES string of the molecule is COc1ccc(CC[AsH]c2cc(-c3ccc4[nH]cnc4c3)nc(OC)n2)cc1. The minimum atomic E-state index is -0.403. The molecule has 28 heavy (non-hydrogen) atoms. The fourth-order valence-electron chi connectivity index (χ4n) is 2.97. The molecule has 1 N–H and O–H groups in total. The first kappa shape index (κ1) is 18.5. The molecule has 2 aromatic heterocycles. The monoisotopic (exact) mass is 436 g/mol. The van der Waals surface area contributed by atoms with Crippen LogP contribution in [0.1, 0.15) is 5.56 Å². The van der Waals surface area contributed by atoms with Gasteiger partial charge in [0.1, 0.15) is 0 Å². The zero-order valence-electron chi connectivity index (χ0n) is 15.8. The van der Waals surface area contributed by atoms with Crippen LogP contribution in [-0.2, 0) is 6.42 Å². The molecule has 4 rings (SSSR count). The number of H-pyrrole nitrogens is 1. The van der Waals surface area contributed by atoms with E-state index in [0.717, 1.165) is 44.2 Å². The zero-order valence-corrected chi connectivity index (χ0v) is 17.9. The van der Waals surface area contributed by atoms with Gasteiger partial charge in [-0.1, -0.05) is 0 Å². The predicted molar refractivity (Wildman–Crippen MR) is 112 cm³/mol. The number of imidazole rings is 1. The minimum absolute atomic E-state index is 0.403. The van der Waals surface area contributed by atoms with Crippen molar-refractivity contribution < 1.29 is 9.47 Å². The van der Waals surface area contributed by atoms with Crippen molar-refractivity contribution in [2.45, 2.75) is 11.6 Å². The summed E-state index contributed by atoms with van der Waals surface area (Å²) in [5, 5.41) is 1.12. The van der Waals surface area contributed by atoms with Gasteiger partial charge in [-0.25, -0.2) is 0 Å². The average molecular weight is 436 g/mol. The molecule has 0 fully saturated rings. The molecule has 0 aliphatic carbocycles. The molecule has 0 saturated carbocycles. The summed E-state index contributed by atoms with van der Waals surface area (Å²) in [5.74, 6) is 0.888. The molecule has 0 saturated heterocycles. The van der Waals surface area contributed by atoms with E-state index in [1.54, 1.807) is 20.5 Å². The molecular formula is C21H21AsN4O2. The van der Waals surface area contributed by atoms with Gasteiger partial charge in [0.15, 0.2) is 0 Å². The predicted octanol–water partition coefficient (Wildman–Crippen LogP) is 2.76. The van der Waals surface area contributed by atoms with Crippen molar-refractivity contribution in [3.8, 4) is 23.0 Å². The van der Waals surface area contributed by atoms with Gasteiger partial charge >= 0.3 is 170 Å². The molecule has 0 aliphatic heterocycles. The van der Waals surface area contributed by atoms with E-state index in [2.05, 4.69) is 38.1 Å². The molecule has 0 bridgehead atoms. The molecule has 1 unspecified atom stereocenters.